The van der Waals surface area contributed by atoms with E-state index < -0.39 is 18.0 Å². The fraction of sp³-hybridized carbons (Fsp3) is 0.360. The lowest BCUT2D eigenvalue weighted by Gasteiger charge is -2.26. The molecule has 7 nitrogen and oxygen atoms in total. The van der Waals surface area contributed by atoms with Crippen molar-refractivity contribution in [2.75, 3.05) is 6.54 Å². The van der Waals surface area contributed by atoms with E-state index in [0.717, 1.165) is 17.5 Å². The molecular formula is C25H29N3O4. The molecule has 0 saturated carbocycles. The van der Waals surface area contributed by atoms with Gasteiger partial charge in [0.25, 0.3) is 0 Å². The maximum atomic E-state index is 13.0. The molecule has 1 saturated heterocycles. The van der Waals surface area contributed by atoms with Crippen LogP contribution in [0.5, 0.6) is 0 Å². The van der Waals surface area contributed by atoms with Crippen molar-refractivity contribution in [2.45, 2.75) is 44.2 Å². The molecule has 0 aliphatic carbocycles. The molecule has 0 radical (unpaired) electrons. The Hall–Kier alpha value is -3.48. The standard InChI is InChI=1S/C25H29N3O4/c29-17-21(16-20-12-7-13-26-24(20)31)27-25(32)22(14-18-8-3-1-4-9-18)28-23(30)15-19-10-5-2-6-11-19/h1-6,8-11,17,20-22H,7,12-16H2,(H,26,31)(H,27,32)(H,28,30)/t20-,21-,22-/m0/s1. The van der Waals surface area contributed by atoms with E-state index in [-0.39, 0.29) is 30.6 Å². The third-order valence-electron chi connectivity index (χ3n) is 5.57. The zero-order valence-corrected chi connectivity index (χ0v) is 18.0. The summed E-state index contributed by atoms with van der Waals surface area (Å²) in [5, 5.41) is 8.33. The van der Waals surface area contributed by atoms with Crippen molar-refractivity contribution >= 4 is 24.0 Å². The Morgan fingerprint density at radius 3 is 2.28 bits per heavy atom. The quantitative estimate of drug-likeness (QED) is 0.493. The van der Waals surface area contributed by atoms with Gasteiger partial charge in [0.05, 0.1) is 12.5 Å². The molecule has 2 aromatic rings. The van der Waals surface area contributed by atoms with Crippen molar-refractivity contribution in [1.29, 1.82) is 0 Å². The minimum absolute atomic E-state index is 0.0886. The molecule has 168 valence electrons. The lowest BCUT2D eigenvalue weighted by molar-refractivity contribution is -0.131. The Labute approximate surface area is 188 Å². The molecule has 1 heterocycles. The van der Waals surface area contributed by atoms with Crippen LogP contribution in [-0.4, -0.2) is 42.6 Å². The highest BCUT2D eigenvalue weighted by atomic mass is 16.2. The van der Waals surface area contributed by atoms with Crippen molar-refractivity contribution in [1.82, 2.24) is 16.0 Å². The van der Waals surface area contributed by atoms with Crippen molar-refractivity contribution < 1.29 is 19.2 Å². The predicted molar refractivity (Wildman–Crippen MR) is 121 cm³/mol. The average molecular weight is 436 g/mol. The van der Waals surface area contributed by atoms with E-state index in [2.05, 4.69) is 16.0 Å². The maximum absolute atomic E-state index is 13.0. The summed E-state index contributed by atoms with van der Waals surface area (Å²) in [6.07, 6.45) is 2.89. The van der Waals surface area contributed by atoms with E-state index in [0.29, 0.717) is 25.7 Å². The van der Waals surface area contributed by atoms with Crippen LogP contribution in [0.2, 0.25) is 0 Å². The molecule has 3 rings (SSSR count). The summed E-state index contributed by atoms with van der Waals surface area (Å²) in [4.78, 5) is 49.3. The zero-order valence-electron chi connectivity index (χ0n) is 18.0. The van der Waals surface area contributed by atoms with Crippen molar-refractivity contribution in [2.24, 2.45) is 5.92 Å². The largest absolute Gasteiger partial charge is 0.356 e. The molecule has 0 spiro atoms. The van der Waals surface area contributed by atoms with Crippen LogP contribution >= 0.6 is 0 Å². The number of nitrogens with one attached hydrogen (secondary N) is 3. The van der Waals surface area contributed by atoms with Gasteiger partial charge in [-0.1, -0.05) is 60.7 Å². The topological polar surface area (TPSA) is 104 Å². The van der Waals surface area contributed by atoms with Gasteiger partial charge < -0.3 is 20.7 Å². The third-order valence-corrected chi connectivity index (χ3v) is 5.57. The zero-order chi connectivity index (χ0) is 22.8. The van der Waals surface area contributed by atoms with Gasteiger partial charge in [0.1, 0.15) is 12.3 Å². The molecule has 1 aliphatic heterocycles. The number of amides is 3. The van der Waals surface area contributed by atoms with E-state index >= 15 is 0 Å². The first-order chi connectivity index (χ1) is 15.5. The van der Waals surface area contributed by atoms with E-state index in [4.69, 9.17) is 0 Å². The van der Waals surface area contributed by atoms with Gasteiger partial charge in [-0.25, -0.2) is 0 Å². The molecule has 0 aromatic heterocycles. The normalized spacial score (nSPS) is 17.5. The molecular weight excluding hydrogens is 406 g/mol. The highest BCUT2D eigenvalue weighted by Crippen LogP contribution is 2.17. The maximum Gasteiger partial charge on any atom is 0.243 e. The van der Waals surface area contributed by atoms with Gasteiger partial charge in [0.2, 0.25) is 17.7 Å². The summed E-state index contributed by atoms with van der Waals surface area (Å²) < 4.78 is 0. The highest BCUT2D eigenvalue weighted by Gasteiger charge is 2.28. The van der Waals surface area contributed by atoms with Crippen molar-refractivity contribution in [3.63, 3.8) is 0 Å². The van der Waals surface area contributed by atoms with Gasteiger partial charge >= 0.3 is 0 Å². The Morgan fingerprint density at radius 2 is 1.66 bits per heavy atom. The number of rotatable bonds is 10. The first-order valence-corrected chi connectivity index (χ1v) is 11.0. The summed E-state index contributed by atoms with van der Waals surface area (Å²) in [6, 6.07) is 17.0. The smallest absolute Gasteiger partial charge is 0.243 e. The number of hydrogen-bond donors (Lipinski definition) is 3. The van der Waals surface area contributed by atoms with Gasteiger partial charge in [-0.15, -0.1) is 0 Å². The van der Waals surface area contributed by atoms with Crippen LogP contribution in [0.1, 0.15) is 30.4 Å². The summed E-state index contributed by atoms with van der Waals surface area (Å²) in [5.74, 6) is -1.11. The number of hydrogen-bond acceptors (Lipinski definition) is 4. The monoisotopic (exact) mass is 435 g/mol. The first-order valence-electron chi connectivity index (χ1n) is 11.0. The summed E-state index contributed by atoms with van der Waals surface area (Å²) in [6.45, 7) is 0.639. The lowest BCUT2D eigenvalue weighted by atomic mass is 9.92. The second-order valence-electron chi connectivity index (χ2n) is 8.09. The summed E-state index contributed by atoms with van der Waals surface area (Å²) in [5.41, 5.74) is 1.74. The molecule has 3 amide bonds. The minimum atomic E-state index is -0.837. The van der Waals surface area contributed by atoms with Gasteiger partial charge in [-0.3, -0.25) is 14.4 Å². The van der Waals surface area contributed by atoms with Crippen LogP contribution in [0.15, 0.2) is 60.7 Å². The number of carbonyl (C=O) groups excluding carboxylic acids is 4. The lowest BCUT2D eigenvalue weighted by Crippen LogP contribution is -2.52. The van der Waals surface area contributed by atoms with Crippen LogP contribution in [0.3, 0.4) is 0 Å². The van der Waals surface area contributed by atoms with Gasteiger partial charge in [-0.2, -0.15) is 0 Å². The van der Waals surface area contributed by atoms with E-state index in [1.54, 1.807) is 0 Å². The van der Waals surface area contributed by atoms with Gasteiger partial charge in [-0.05, 0) is 30.4 Å². The van der Waals surface area contributed by atoms with Gasteiger partial charge in [0.15, 0.2) is 0 Å². The highest BCUT2D eigenvalue weighted by molar-refractivity contribution is 5.90. The molecule has 7 heteroatoms. The Bertz CT molecular complexity index is 917. The Morgan fingerprint density at radius 1 is 1.00 bits per heavy atom. The number of carbonyl (C=O) groups is 4. The molecule has 0 bridgehead atoms. The predicted octanol–water partition coefficient (Wildman–Crippen LogP) is 1.56. The van der Waals surface area contributed by atoms with Crippen molar-refractivity contribution in [3.05, 3.63) is 71.8 Å². The molecule has 32 heavy (non-hydrogen) atoms. The average Bonchev–Trinajstić information content (AvgIpc) is 2.80. The first kappa shape index (κ1) is 23.2. The minimum Gasteiger partial charge on any atom is -0.356 e. The molecule has 3 atom stereocenters. The van der Waals surface area contributed by atoms with E-state index in [9.17, 15) is 19.2 Å². The van der Waals surface area contributed by atoms with Gasteiger partial charge in [0, 0.05) is 18.9 Å². The Balaban J connectivity index is 1.66. The van der Waals surface area contributed by atoms with Crippen molar-refractivity contribution in [3.8, 4) is 0 Å². The third kappa shape index (κ3) is 7.04. The second-order valence-corrected chi connectivity index (χ2v) is 8.09. The number of benzene rings is 2. The SMILES string of the molecule is O=C[C@H](C[C@@H]1CCCNC1=O)NC(=O)[C@H](Cc1ccccc1)NC(=O)Cc1ccccc1. The van der Waals surface area contributed by atoms with Crippen LogP contribution in [0.25, 0.3) is 0 Å². The molecule has 1 aliphatic rings. The van der Waals surface area contributed by atoms with Crippen LogP contribution < -0.4 is 16.0 Å². The summed E-state index contributed by atoms with van der Waals surface area (Å²) in [7, 11) is 0. The van der Waals surface area contributed by atoms with Crippen LogP contribution in [-0.2, 0) is 32.0 Å². The fourth-order valence-corrected chi connectivity index (χ4v) is 3.88. The molecule has 3 N–H and O–H groups in total. The second kappa shape index (κ2) is 11.8. The molecule has 2 aromatic carbocycles. The Kier molecular flexibility index (Phi) is 8.54. The van der Waals surface area contributed by atoms with Crippen LogP contribution in [0.4, 0.5) is 0 Å². The van der Waals surface area contributed by atoms with Crippen LogP contribution in [0, 0.1) is 5.92 Å². The van der Waals surface area contributed by atoms with E-state index in [1.165, 1.54) is 0 Å². The molecule has 1 fully saturated rings. The van der Waals surface area contributed by atoms with E-state index in [1.807, 2.05) is 60.7 Å². The molecule has 0 unspecified atom stereocenters. The fourth-order valence-electron chi connectivity index (χ4n) is 3.88. The number of piperidine rings is 1. The number of aldehydes is 1. The summed E-state index contributed by atoms with van der Waals surface area (Å²) >= 11 is 0.